The van der Waals surface area contributed by atoms with Gasteiger partial charge in [-0.3, -0.25) is 0 Å². The zero-order valence-electron chi connectivity index (χ0n) is 14.5. The Balaban J connectivity index is 2.48. The van der Waals surface area contributed by atoms with Crippen molar-refractivity contribution in [3.8, 4) is 0 Å². The van der Waals surface area contributed by atoms with Gasteiger partial charge in [0.15, 0.2) is 0 Å². The summed E-state index contributed by atoms with van der Waals surface area (Å²) in [6.07, 6.45) is -12.6. The van der Waals surface area contributed by atoms with E-state index in [2.05, 4.69) is 6.58 Å². The Morgan fingerprint density at radius 3 is 1.76 bits per heavy atom. The minimum atomic E-state index is -6.29. The largest absolute Gasteiger partial charge is 0.435 e. The van der Waals surface area contributed by atoms with Crippen LogP contribution in [0, 0.1) is 12.7 Å². The maximum absolute atomic E-state index is 14.0. The van der Waals surface area contributed by atoms with Crippen LogP contribution in [0.15, 0.2) is 53.9 Å². The highest BCUT2D eigenvalue weighted by Gasteiger charge is 2.73. The summed E-state index contributed by atoms with van der Waals surface area (Å²) in [5.41, 5.74) is -7.76. The highest BCUT2D eigenvalue weighted by Crippen LogP contribution is 2.53. The molecule has 0 bridgehead atoms. The smallest absolute Gasteiger partial charge is 0.219 e. The van der Waals surface area contributed by atoms with Crippen molar-refractivity contribution in [3.05, 3.63) is 71.6 Å². The van der Waals surface area contributed by atoms with Gasteiger partial charge in [-0.2, -0.15) is 26.3 Å². The van der Waals surface area contributed by atoms with Crippen LogP contribution < -0.4 is 0 Å². The maximum Gasteiger partial charge on any atom is 0.435 e. The molecule has 0 aromatic heterocycles. The molecule has 0 saturated heterocycles. The Kier molecular flexibility index (Phi) is 5.61. The van der Waals surface area contributed by atoms with Crippen LogP contribution in [-0.2, 0) is 15.5 Å². The van der Waals surface area contributed by atoms with Gasteiger partial charge < -0.3 is 0 Å². The first kappa shape index (κ1) is 22.9. The third-order valence-electron chi connectivity index (χ3n) is 4.15. The zero-order chi connectivity index (χ0) is 22.4. The predicted molar refractivity (Wildman–Crippen MR) is 88.7 cm³/mol. The molecule has 0 aliphatic carbocycles. The van der Waals surface area contributed by atoms with Gasteiger partial charge in [0.2, 0.25) is 9.84 Å². The number of rotatable bonds is 4. The summed E-state index contributed by atoms with van der Waals surface area (Å²) >= 11 is 0. The van der Waals surface area contributed by atoms with Crippen molar-refractivity contribution in [2.45, 2.75) is 29.8 Å². The molecule has 0 unspecified atom stereocenters. The highest BCUT2D eigenvalue weighted by atomic mass is 32.2. The van der Waals surface area contributed by atoms with Gasteiger partial charge in [-0.15, -0.1) is 0 Å². The van der Waals surface area contributed by atoms with E-state index in [-0.39, 0.29) is 28.2 Å². The number of hydrogen-bond acceptors (Lipinski definition) is 2. The number of aryl methyl sites for hydroxylation is 1. The molecule has 0 fully saturated rings. The minimum Gasteiger partial charge on any atom is -0.219 e. The first-order chi connectivity index (χ1) is 13.0. The SMILES string of the molecule is C=C(c1ccc(C(F)(C(F)(F)F)C(F)(F)F)cc1)S(=O)(=O)c1ccc(F)c(C)c1. The normalized spacial score (nSPS) is 13.4. The van der Waals surface area contributed by atoms with Gasteiger partial charge in [0.05, 0.1) is 9.80 Å². The van der Waals surface area contributed by atoms with Crippen LogP contribution in [0.4, 0.5) is 35.1 Å². The number of sulfone groups is 1. The second kappa shape index (κ2) is 7.12. The standard InChI is InChI=1S/C18H12F8O2S/c1-10-9-14(7-8-15(10)19)29(27,28)11(2)12-3-5-13(6-4-12)16(20,17(21,22)23)18(24,25)26/h3-9H,2H2,1H3. The van der Waals surface area contributed by atoms with Gasteiger partial charge in [-0.05, 0) is 36.2 Å². The van der Waals surface area contributed by atoms with E-state index >= 15 is 0 Å². The van der Waals surface area contributed by atoms with Crippen molar-refractivity contribution >= 4 is 14.7 Å². The van der Waals surface area contributed by atoms with Gasteiger partial charge in [0, 0.05) is 5.56 Å². The van der Waals surface area contributed by atoms with Crippen LogP contribution in [0.2, 0.25) is 0 Å². The second-order valence-electron chi connectivity index (χ2n) is 6.07. The van der Waals surface area contributed by atoms with Crippen LogP contribution in [0.5, 0.6) is 0 Å². The summed E-state index contributed by atoms with van der Waals surface area (Å²) in [7, 11) is -4.34. The van der Waals surface area contributed by atoms with Crippen LogP contribution in [0.3, 0.4) is 0 Å². The van der Waals surface area contributed by atoms with E-state index in [0.717, 1.165) is 18.2 Å². The Hall–Kier alpha value is -2.43. The number of halogens is 8. The summed E-state index contributed by atoms with van der Waals surface area (Å²) in [6.45, 7) is 4.59. The van der Waals surface area contributed by atoms with E-state index in [1.807, 2.05) is 0 Å². The van der Waals surface area contributed by atoms with Gasteiger partial charge in [-0.25, -0.2) is 17.2 Å². The van der Waals surface area contributed by atoms with E-state index in [1.54, 1.807) is 0 Å². The van der Waals surface area contributed by atoms with E-state index in [9.17, 15) is 43.5 Å². The molecule has 2 aromatic rings. The lowest BCUT2D eigenvalue weighted by Crippen LogP contribution is -2.50. The van der Waals surface area contributed by atoms with E-state index < -0.39 is 44.1 Å². The molecular weight excluding hydrogens is 432 g/mol. The fourth-order valence-corrected chi connectivity index (χ4v) is 3.77. The number of alkyl halides is 7. The average molecular weight is 444 g/mol. The fourth-order valence-electron chi connectivity index (χ4n) is 2.46. The number of benzene rings is 2. The molecule has 0 N–H and O–H groups in total. The quantitative estimate of drug-likeness (QED) is 0.437. The Labute approximate surface area is 160 Å². The molecule has 2 rings (SSSR count). The Morgan fingerprint density at radius 2 is 1.34 bits per heavy atom. The zero-order valence-corrected chi connectivity index (χ0v) is 15.3. The average Bonchev–Trinajstić information content (AvgIpc) is 2.60. The van der Waals surface area contributed by atoms with Crippen LogP contribution in [0.1, 0.15) is 16.7 Å². The van der Waals surface area contributed by atoms with Crippen LogP contribution >= 0.6 is 0 Å². The summed E-state index contributed by atoms with van der Waals surface area (Å²) in [4.78, 5) is -1.05. The topological polar surface area (TPSA) is 34.1 Å². The summed E-state index contributed by atoms with van der Waals surface area (Å²) in [6, 6.07) is 4.33. The van der Waals surface area contributed by atoms with Crippen molar-refractivity contribution in [1.82, 2.24) is 0 Å². The van der Waals surface area contributed by atoms with Gasteiger partial charge in [0.1, 0.15) is 5.82 Å². The van der Waals surface area contributed by atoms with E-state index in [0.29, 0.717) is 12.1 Å². The third kappa shape index (κ3) is 3.87. The fraction of sp³-hybridized carbons (Fsp3) is 0.222. The lowest BCUT2D eigenvalue weighted by Gasteiger charge is -2.30. The van der Waals surface area contributed by atoms with Crippen molar-refractivity contribution in [2.75, 3.05) is 0 Å². The third-order valence-corrected chi connectivity index (χ3v) is 5.91. The molecule has 158 valence electrons. The molecule has 0 aliphatic heterocycles. The lowest BCUT2D eigenvalue weighted by atomic mass is 9.93. The van der Waals surface area contributed by atoms with E-state index in [4.69, 9.17) is 0 Å². The number of hydrogen-bond donors (Lipinski definition) is 0. The Bertz CT molecular complexity index is 1020. The lowest BCUT2D eigenvalue weighted by molar-refractivity contribution is -0.348. The summed E-state index contributed by atoms with van der Waals surface area (Å²) in [5, 5.41) is 0. The predicted octanol–water partition coefficient (Wildman–Crippen LogP) is 5.87. The van der Waals surface area contributed by atoms with Crippen LogP contribution in [-0.4, -0.2) is 20.8 Å². The highest BCUT2D eigenvalue weighted by molar-refractivity contribution is 8.00. The molecule has 0 heterocycles. The van der Waals surface area contributed by atoms with Crippen molar-refractivity contribution < 1.29 is 43.5 Å². The first-order valence-corrected chi connectivity index (χ1v) is 9.15. The molecule has 0 amide bonds. The van der Waals surface area contributed by atoms with Crippen molar-refractivity contribution in [2.24, 2.45) is 0 Å². The Morgan fingerprint density at radius 1 is 0.862 bits per heavy atom. The molecule has 11 heteroatoms. The summed E-state index contributed by atoms with van der Waals surface area (Å²) < 4.78 is 129. The molecule has 2 nitrogen and oxygen atoms in total. The molecule has 29 heavy (non-hydrogen) atoms. The second-order valence-corrected chi connectivity index (χ2v) is 8.04. The minimum absolute atomic E-state index is 0.00760. The molecule has 2 aromatic carbocycles. The van der Waals surface area contributed by atoms with Crippen LogP contribution in [0.25, 0.3) is 4.91 Å². The van der Waals surface area contributed by atoms with Gasteiger partial charge in [-0.1, -0.05) is 30.8 Å². The van der Waals surface area contributed by atoms with Crippen molar-refractivity contribution in [3.63, 3.8) is 0 Å². The molecular formula is C18H12F8O2S. The van der Waals surface area contributed by atoms with Gasteiger partial charge in [0.25, 0.3) is 0 Å². The molecule has 0 aliphatic rings. The molecule has 0 spiro atoms. The van der Waals surface area contributed by atoms with E-state index in [1.165, 1.54) is 6.92 Å². The van der Waals surface area contributed by atoms with Gasteiger partial charge >= 0.3 is 18.0 Å². The first-order valence-electron chi connectivity index (χ1n) is 7.67. The maximum atomic E-state index is 14.0. The molecule has 0 radical (unpaired) electrons. The molecule has 0 saturated carbocycles. The monoisotopic (exact) mass is 444 g/mol. The molecule has 0 atom stereocenters. The van der Waals surface area contributed by atoms with Crippen molar-refractivity contribution in [1.29, 1.82) is 0 Å². The summed E-state index contributed by atoms with van der Waals surface area (Å²) in [5.74, 6) is -0.683.